The normalized spacial score (nSPS) is 22.4. The van der Waals surface area contributed by atoms with E-state index >= 15 is 0 Å². The maximum atomic E-state index is 5.78. The molecule has 0 bridgehead atoms. The molecule has 132 valence electrons. The summed E-state index contributed by atoms with van der Waals surface area (Å²) in [6, 6.07) is 2.16. The standard InChI is InChI=1S/C18H34N4O/c1-5-6-7-8-10-22-15(2)12-18(20-22)19-9-11-21-13-16(3)23-17(4)14-21/h12,16-17H,5-11,13-14H2,1-4H3,(H,19,20). The summed E-state index contributed by atoms with van der Waals surface area (Å²) in [5.74, 6) is 1.01. The van der Waals surface area contributed by atoms with E-state index in [1.165, 1.54) is 31.4 Å². The van der Waals surface area contributed by atoms with Crippen LogP contribution in [0.1, 0.15) is 52.1 Å². The Morgan fingerprint density at radius 2 is 1.91 bits per heavy atom. The first-order valence-corrected chi connectivity index (χ1v) is 9.24. The Morgan fingerprint density at radius 3 is 2.61 bits per heavy atom. The van der Waals surface area contributed by atoms with Gasteiger partial charge in [0.05, 0.1) is 12.2 Å². The molecule has 1 aliphatic rings. The van der Waals surface area contributed by atoms with E-state index in [9.17, 15) is 0 Å². The maximum absolute atomic E-state index is 5.78. The average Bonchev–Trinajstić information content (AvgIpc) is 2.83. The topological polar surface area (TPSA) is 42.3 Å². The van der Waals surface area contributed by atoms with Gasteiger partial charge >= 0.3 is 0 Å². The molecule has 2 heterocycles. The third-order valence-electron chi connectivity index (χ3n) is 4.43. The smallest absolute Gasteiger partial charge is 0.148 e. The molecule has 1 N–H and O–H groups in total. The van der Waals surface area contributed by atoms with Gasteiger partial charge in [-0.15, -0.1) is 0 Å². The summed E-state index contributed by atoms with van der Waals surface area (Å²) in [4.78, 5) is 2.47. The Hall–Kier alpha value is -1.07. The first kappa shape index (κ1) is 18.3. The number of anilines is 1. The van der Waals surface area contributed by atoms with E-state index in [0.29, 0.717) is 12.2 Å². The third kappa shape index (κ3) is 6.15. The fourth-order valence-corrected chi connectivity index (χ4v) is 3.32. The lowest BCUT2D eigenvalue weighted by Gasteiger charge is -2.35. The zero-order valence-corrected chi connectivity index (χ0v) is 15.3. The Kier molecular flexibility index (Phi) is 7.37. The van der Waals surface area contributed by atoms with Gasteiger partial charge in [-0.2, -0.15) is 5.10 Å². The minimum atomic E-state index is 0.336. The molecule has 0 aliphatic carbocycles. The van der Waals surface area contributed by atoms with Gasteiger partial charge in [0, 0.05) is 44.5 Å². The molecule has 0 radical (unpaired) electrons. The molecule has 1 aliphatic heterocycles. The number of nitrogens with zero attached hydrogens (tertiary/aromatic N) is 3. The van der Waals surface area contributed by atoms with Crippen LogP contribution in [-0.2, 0) is 11.3 Å². The highest BCUT2D eigenvalue weighted by Gasteiger charge is 2.21. The molecule has 1 fully saturated rings. The van der Waals surface area contributed by atoms with Crippen molar-refractivity contribution in [3.8, 4) is 0 Å². The number of hydrogen-bond acceptors (Lipinski definition) is 4. The number of aryl methyl sites for hydroxylation is 2. The molecule has 5 nitrogen and oxygen atoms in total. The Bertz CT molecular complexity index is 450. The summed E-state index contributed by atoms with van der Waals surface area (Å²) in [6.45, 7) is 13.8. The van der Waals surface area contributed by atoms with Gasteiger partial charge < -0.3 is 10.1 Å². The van der Waals surface area contributed by atoms with Crippen LogP contribution in [0.5, 0.6) is 0 Å². The highest BCUT2D eigenvalue weighted by Crippen LogP contribution is 2.12. The van der Waals surface area contributed by atoms with E-state index < -0.39 is 0 Å². The van der Waals surface area contributed by atoms with Gasteiger partial charge in [0.2, 0.25) is 0 Å². The Labute approximate surface area is 141 Å². The minimum Gasteiger partial charge on any atom is -0.373 e. The zero-order valence-electron chi connectivity index (χ0n) is 15.3. The fourth-order valence-electron chi connectivity index (χ4n) is 3.32. The van der Waals surface area contributed by atoms with Crippen LogP contribution in [0.3, 0.4) is 0 Å². The number of ether oxygens (including phenoxy) is 1. The quantitative estimate of drug-likeness (QED) is 0.708. The summed E-state index contributed by atoms with van der Waals surface area (Å²) in [6.07, 6.45) is 5.79. The van der Waals surface area contributed by atoms with Gasteiger partial charge in [0.25, 0.3) is 0 Å². The van der Waals surface area contributed by atoms with Crippen molar-refractivity contribution in [1.29, 1.82) is 0 Å². The van der Waals surface area contributed by atoms with Crippen molar-refractivity contribution in [3.63, 3.8) is 0 Å². The van der Waals surface area contributed by atoms with Gasteiger partial charge in [0.15, 0.2) is 0 Å². The summed E-state index contributed by atoms with van der Waals surface area (Å²) in [5.41, 5.74) is 1.25. The molecule has 0 saturated carbocycles. The van der Waals surface area contributed by atoms with Crippen LogP contribution in [0.4, 0.5) is 5.82 Å². The van der Waals surface area contributed by atoms with Gasteiger partial charge in [-0.05, 0) is 27.2 Å². The van der Waals surface area contributed by atoms with Gasteiger partial charge in [-0.3, -0.25) is 9.58 Å². The predicted molar refractivity (Wildman–Crippen MR) is 96.0 cm³/mol. The highest BCUT2D eigenvalue weighted by atomic mass is 16.5. The Morgan fingerprint density at radius 1 is 1.17 bits per heavy atom. The fraction of sp³-hybridized carbons (Fsp3) is 0.833. The zero-order chi connectivity index (χ0) is 16.7. The van der Waals surface area contributed by atoms with E-state index in [2.05, 4.69) is 53.8 Å². The van der Waals surface area contributed by atoms with Crippen molar-refractivity contribution < 1.29 is 4.74 Å². The number of aromatic nitrogens is 2. The van der Waals surface area contributed by atoms with Crippen LogP contribution < -0.4 is 5.32 Å². The summed E-state index contributed by atoms with van der Waals surface area (Å²) in [7, 11) is 0. The van der Waals surface area contributed by atoms with Crippen molar-refractivity contribution in [2.75, 3.05) is 31.5 Å². The van der Waals surface area contributed by atoms with E-state index in [1.54, 1.807) is 0 Å². The monoisotopic (exact) mass is 322 g/mol. The van der Waals surface area contributed by atoms with Crippen molar-refractivity contribution in [3.05, 3.63) is 11.8 Å². The van der Waals surface area contributed by atoms with Gasteiger partial charge in [-0.1, -0.05) is 26.2 Å². The number of rotatable bonds is 9. The van der Waals surface area contributed by atoms with E-state index in [-0.39, 0.29) is 0 Å². The minimum absolute atomic E-state index is 0.336. The van der Waals surface area contributed by atoms with Crippen molar-refractivity contribution >= 4 is 5.82 Å². The van der Waals surface area contributed by atoms with Gasteiger partial charge in [0.1, 0.15) is 5.82 Å². The number of nitrogens with one attached hydrogen (secondary N) is 1. The largest absolute Gasteiger partial charge is 0.373 e. The number of hydrogen-bond donors (Lipinski definition) is 1. The van der Waals surface area contributed by atoms with Crippen LogP contribution in [-0.4, -0.2) is 53.1 Å². The van der Waals surface area contributed by atoms with Crippen LogP contribution in [0.15, 0.2) is 6.07 Å². The molecular formula is C18H34N4O. The van der Waals surface area contributed by atoms with Crippen LogP contribution >= 0.6 is 0 Å². The van der Waals surface area contributed by atoms with Crippen LogP contribution in [0.2, 0.25) is 0 Å². The number of unbranched alkanes of at least 4 members (excludes halogenated alkanes) is 3. The lowest BCUT2D eigenvalue weighted by atomic mass is 10.2. The first-order chi connectivity index (χ1) is 11.1. The molecule has 2 unspecified atom stereocenters. The lowest BCUT2D eigenvalue weighted by molar-refractivity contribution is -0.0667. The first-order valence-electron chi connectivity index (χ1n) is 9.24. The maximum Gasteiger partial charge on any atom is 0.148 e. The van der Waals surface area contributed by atoms with Crippen LogP contribution in [0.25, 0.3) is 0 Å². The highest BCUT2D eigenvalue weighted by molar-refractivity contribution is 5.35. The molecule has 23 heavy (non-hydrogen) atoms. The second kappa shape index (κ2) is 9.28. The third-order valence-corrected chi connectivity index (χ3v) is 4.43. The second-order valence-corrected chi connectivity index (χ2v) is 6.90. The molecule has 2 atom stereocenters. The molecule has 1 saturated heterocycles. The van der Waals surface area contributed by atoms with E-state index in [4.69, 9.17) is 4.74 Å². The van der Waals surface area contributed by atoms with E-state index in [0.717, 1.165) is 38.5 Å². The Balaban J connectivity index is 1.71. The molecule has 0 amide bonds. The molecule has 5 heteroatoms. The number of morpholine rings is 1. The molecule has 0 spiro atoms. The predicted octanol–water partition coefficient (Wildman–Crippen LogP) is 3.29. The molecule has 1 aromatic heterocycles. The second-order valence-electron chi connectivity index (χ2n) is 6.90. The summed E-state index contributed by atoms with van der Waals surface area (Å²) < 4.78 is 7.91. The molecule has 0 aromatic carbocycles. The van der Waals surface area contributed by atoms with Crippen LogP contribution in [0, 0.1) is 6.92 Å². The van der Waals surface area contributed by atoms with Crippen molar-refractivity contribution in [2.24, 2.45) is 0 Å². The summed E-state index contributed by atoms with van der Waals surface area (Å²) in [5, 5.41) is 8.15. The lowest BCUT2D eigenvalue weighted by Crippen LogP contribution is -2.46. The van der Waals surface area contributed by atoms with Crippen molar-refractivity contribution in [2.45, 2.75) is 72.1 Å². The molecule has 1 aromatic rings. The molecular weight excluding hydrogens is 288 g/mol. The van der Waals surface area contributed by atoms with Gasteiger partial charge in [-0.25, -0.2) is 0 Å². The SMILES string of the molecule is CCCCCCn1nc(NCCN2CC(C)OC(C)C2)cc1C. The average molecular weight is 322 g/mol. The van der Waals surface area contributed by atoms with Crippen molar-refractivity contribution in [1.82, 2.24) is 14.7 Å². The van der Waals surface area contributed by atoms with E-state index in [1.807, 2.05) is 0 Å². The molecule has 2 rings (SSSR count). The summed E-state index contributed by atoms with van der Waals surface area (Å²) >= 11 is 0.